The number of rotatable bonds is 4. The quantitative estimate of drug-likeness (QED) is 0.775. The van der Waals surface area contributed by atoms with E-state index in [0.717, 1.165) is 24.8 Å². The molecule has 0 saturated carbocycles. The molecule has 0 spiro atoms. The minimum atomic E-state index is 0.112. The second kappa shape index (κ2) is 4.89. The van der Waals surface area contributed by atoms with Crippen molar-refractivity contribution in [2.24, 2.45) is 5.92 Å². The van der Waals surface area contributed by atoms with E-state index in [1.807, 2.05) is 18.2 Å². The highest BCUT2D eigenvalue weighted by Crippen LogP contribution is 2.27. The molecule has 0 atom stereocenters. The molecule has 3 heteroatoms. The minimum Gasteiger partial charge on any atom is -0.479 e. The van der Waals surface area contributed by atoms with Crippen LogP contribution >= 0.6 is 0 Å². The van der Waals surface area contributed by atoms with Gasteiger partial charge in [0.05, 0.1) is 0 Å². The van der Waals surface area contributed by atoms with Crippen LogP contribution in [0.2, 0.25) is 0 Å². The third-order valence-corrected chi connectivity index (χ3v) is 3.04. The van der Waals surface area contributed by atoms with Gasteiger partial charge >= 0.3 is 0 Å². The van der Waals surface area contributed by atoms with Crippen LogP contribution in [-0.2, 0) is 0 Å². The van der Waals surface area contributed by atoms with E-state index in [4.69, 9.17) is 10.00 Å². The molecule has 0 aromatic heterocycles. The molecule has 0 aliphatic carbocycles. The fourth-order valence-corrected chi connectivity index (χ4v) is 1.91. The number of hydrogen-bond donors (Lipinski definition) is 0. The van der Waals surface area contributed by atoms with Crippen LogP contribution in [0.1, 0.15) is 13.3 Å². The van der Waals surface area contributed by atoms with Crippen molar-refractivity contribution in [1.82, 2.24) is 0 Å². The lowest BCUT2D eigenvalue weighted by Gasteiger charge is -2.40. The van der Waals surface area contributed by atoms with Gasteiger partial charge in [-0.05, 0) is 36.6 Å². The average Bonchev–Trinajstić information content (AvgIpc) is 2.27. The van der Waals surface area contributed by atoms with Crippen molar-refractivity contribution in [3.63, 3.8) is 0 Å². The van der Waals surface area contributed by atoms with Crippen molar-refractivity contribution in [2.75, 3.05) is 24.6 Å². The van der Waals surface area contributed by atoms with Gasteiger partial charge in [-0.25, -0.2) is 0 Å². The van der Waals surface area contributed by atoms with Crippen LogP contribution in [0.15, 0.2) is 24.3 Å². The van der Waals surface area contributed by atoms with E-state index < -0.39 is 0 Å². The molecule has 0 bridgehead atoms. The van der Waals surface area contributed by atoms with E-state index in [2.05, 4.69) is 24.0 Å². The standard InChI is InChI=1S/C13H16N2O/c1-2-11-9-15(10-11)12-3-5-13(6-4-12)16-8-7-14/h3-6,11H,2,8-10H2,1H3. The molecule has 1 heterocycles. The molecular formula is C13H16N2O. The van der Waals surface area contributed by atoms with Gasteiger partial charge in [0.2, 0.25) is 0 Å². The topological polar surface area (TPSA) is 36.3 Å². The smallest absolute Gasteiger partial charge is 0.174 e. The van der Waals surface area contributed by atoms with Gasteiger partial charge in [0.1, 0.15) is 11.8 Å². The third-order valence-electron chi connectivity index (χ3n) is 3.04. The summed E-state index contributed by atoms with van der Waals surface area (Å²) in [6, 6.07) is 9.91. The Kier molecular flexibility index (Phi) is 3.31. The fourth-order valence-electron chi connectivity index (χ4n) is 1.91. The van der Waals surface area contributed by atoms with Crippen molar-refractivity contribution in [3.8, 4) is 11.8 Å². The summed E-state index contributed by atoms with van der Waals surface area (Å²) >= 11 is 0. The summed E-state index contributed by atoms with van der Waals surface area (Å²) < 4.78 is 5.20. The van der Waals surface area contributed by atoms with Crippen LogP contribution in [0.25, 0.3) is 0 Å². The Morgan fingerprint density at radius 1 is 1.38 bits per heavy atom. The molecule has 1 saturated heterocycles. The van der Waals surface area contributed by atoms with Gasteiger partial charge in [0.25, 0.3) is 0 Å². The first-order valence-corrected chi connectivity index (χ1v) is 5.68. The maximum Gasteiger partial charge on any atom is 0.174 e. The van der Waals surface area contributed by atoms with Crippen LogP contribution in [0.3, 0.4) is 0 Å². The summed E-state index contributed by atoms with van der Waals surface area (Å²) in [6.45, 7) is 4.67. The van der Waals surface area contributed by atoms with Crippen molar-refractivity contribution in [2.45, 2.75) is 13.3 Å². The molecular weight excluding hydrogens is 200 g/mol. The zero-order chi connectivity index (χ0) is 11.4. The van der Waals surface area contributed by atoms with Gasteiger partial charge in [-0.2, -0.15) is 5.26 Å². The number of benzene rings is 1. The lowest BCUT2D eigenvalue weighted by Crippen LogP contribution is -2.46. The minimum absolute atomic E-state index is 0.112. The summed E-state index contributed by atoms with van der Waals surface area (Å²) in [5.74, 6) is 1.62. The maximum absolute atomic E-state index is 8.39. The maximum atomic E-state index is 8.39. The molecule has 0 N–H and O–H groups in total. The molecule has 84 valence electrons. The fraction of sp³-hybridized carbons (Fsp3) is 0.462. The first-order chi connectivity index (χ1) is 7.83. The van der Waals surface area contributed by atoms with Gasteiger partial charge in [0.15, 0.2) is 6.61 Å². The van der Waals surface area contributed by atoms with Gasteiger partial charge < -0.3 is 9.64 Å². The summed E-state index contributed by atoms with van der Waals surface area (Å²) in [7, 11) is 0. The second-order valence-corrected chi connectivity index (χ2v) is 4.12. The Morgan fingerprint density at radius 2 is 2.06 bits per heavy atom. The molecule has 2 rings (SSSR count). The predicted molar refractivity (Wildman–Crippen MR) is 63.5 cm³/mol. The largest absolute Gasteiger partial charge is 0.479 e. The average molecular weight is 216 g/mol. The number of anilines is 1. The molecule has 0 unspecified atom stereocenters. The van der Waals surface area contributed by atoms with E-state index in [0.29, 0.717) is 0 Å². The summed E-state index contributed by atoms with van der Waals surface area (Å²) in [5, 5.41) is 8.39. The van der Waals surface area contributed by atoms with Crippen molar-refractivity contribution < 1.29 is 4.74 Å². The van der Waals surface area contributed by atoms with Gasteiger partial charge in [-0.1, -0.05) is 6.92 Å². The van der Waals surface area contributed by atoms with Crippen molar-refractivity contribution in [3.05, 3.63) is 24.3 Å². The molecule has 1 aromatic carbocycles. The van der Waals surface area contributed by atoms with Crippen molar-refractivity contribution >= 4 is 5.69 Å². The Labute approximate surface area is 96.2 Å². The third kappa shape index (κ3) is 2.27. The lowest BCUT2D eigenvalue weighted by atomic mass is 9.96. The van der Waals surface area contributed by atoms with Crippen molar-refractivity contribution in [1.29, 1.82) is 5.26 Å². The second-order valence-electron chi connectivity index (χ2n) is 4.12. The number of nitrogens with zero attached hydrogens (tertiary/aromatic N) is 2. The van der Waals surface area contributed by atoms with Gasteiger partial charge in [0, 0.05) is 18.8 Å². The summed E-state index contributed by atoms with van der Waals surface area (Å²) in [4.78, 5) is 2.36. The van der Waals surface area contributed by atoms with Crippen LogP contribution in [0.4, 0.5) is 5.69 Å². The Morgan fingerprint density at radius 3 is 2.62 bits per heavy atom. The van der Waals surface area contributed by atoms with Crippen LogP contribution in [0.5, 0.6) is 5.75 Å². The van der Waals surface area contributed by atoms with Crippen LogP contribution in [0, 0.1) is 17.2 Å². The number of ether oxygens (including phenoxy) is 1. The Hall–Kier alpha value is -1.69. The SMILES string of the molecule is CCC1CN(c2ccc(OCC#N)cc2)C1. The van der Waals surface area contributed by atoms with E-state index >= 15 is 0 Å². The van der Waals surface area contributed by atoms with Gasteiger partial charge in [-0.15, -0.1) is 0 Å². The van der Waals surface area contributed by atoms with Gasteiger partial charge in [-0.3, -0.25) is 0 Å². The normalized spacial score (nSPS) is 15.4. The van der Waals surface area contributed by atoms with E-state index in [-0.39, 0.29) is 6.61 Å². The number of hydrogen-bond acceptors (Lipinski definition) is 3. The molecule has 1 aliphatic rings. The monoisotopic (exact) mass is 216 g/mol. The molecule has 1 fully saturated rings. The van der Waals surface area contributed by atoms with E-state index in [1.165, 1.54) is 12.1 Å². The molecule has 0 amide bonds. The highest BCUT2D eigenvalue weighted by molar-refractivity contribution is 5.51. The summed E-state index contributed by atoms with van der Waals surface area (Å²) in [5.41, 5.74) is 1.24. The van der Waals surface area contributed by atoms with Crippen LogP contribution < -0.4 is 9.64 Å². The molecule has 1 aromatic rings. The Balaban J connectivity index is 1.91. The predicted octanol–water partition coefficient (Wildman–Crippen LogP) is 2.44. The highest BCUT2D eigenvalue weighted by Gasteiger charge is 2.24. The molecule has 1 aliphatic heterocycles. The molecule has 0 radical (unpaired) electrons. The number of nitriles is 1. The Bertz CT molecular complexity index is 374. The van der Waals surface area contributed by atoms with Crippen LogP contribution in [-0.4, -0.2) is 19.7 Å². The molecule has 16 heavy (non-hydrogen) atoms. The first kappa shape index (κ1) is 10.8. The highest BCUT2D eigenvalue weighted by atomic mass is 16.5. The van der Waals surface area contributed by atoms with E-state index in [9.17, 15) is 0 Å². The summed E-state index contributed by atoms with van der Waals surface area (Å²) in [6.07, 6.45) is 1.26. The lowest BCUT2D eigenvalue weighted by molar-refractivity contribution is 0.367. The first-order valence-electron chi connectivity index (χ1n) is 5.68. The molecule has 3 nitrogen and oxygen atoms in total. The zero-order valence-corrected chi connectivity index (χ0v) is 9.52. The van der Waals surface area contributed by atoms with E-state index in [1.54, 1.807) is 0 Å². The zero-order valence-electron chi connectivity index (χ0n) is 9.52.